The van der Waals surface area contributed by atoms with Crippen LogP contribution in [0.2, 0.25) is 0 Å². The Morgan fingerprint density at radius 1 is 1.18 bits per heavy atom. The third-order valence-electron chi connectivity index (χ3n) is 4.33. The number of para-hydroxylation sites is 1. The van der Waals surface area contributed by atoms with Crippen molar-refractivity contribution in [2.24, 2.45) is 5.92 Å². The van der Waals surface area contributed by atoms with Crippen molar-refractivity contribution in [1.82, 2.24) is 0 Å². The van der Waals surface area contributed by atoms with Gasteiger partial charge in [0, 0.05) is 24.7 Å². The van der Waals surface area contributed by atoms with Crippen LogP contribution in [-0.2, 0) is 0 Å². The highest BCUT2D eigenvalue weighted by atomic mass is 16.3. The van der Waals surface area contributed by atoms with E-state index in [2.05, 4.69) is 29.2 Å². The molecular weight excluding hydrogens is 210 g/mol. The molecule has 92 valence electrons. The monoisotopic (exact) mass is 231 g/mol. The Balaban J connectivity index is 1.78. The van der Waals surface area contributed by atoms with Crippen molar-refractivity contribution in [3.63, 3.8) is 0 Å². The number of nitrogens with zero attached hydrogens (tertiary/aromatic N) is 1. The average Bonchev–Trinajstić information content (AvgIpc) is 2.98. The number of anilines is 1. The minimum atomic E-state index is 0.276. The SMILES string of the molecule is OCC1CN(CC2CCCC2)c2ccccc21. The maximum Gasteiger partial charge on any atom is 0.0517 e. The summed E-state index contributed by atoms with van der Waals surface area (Å²) in [6.07, 6.45) is 5.60. The van der Waals surface area contributed by atoms with E-state index in [1.54, 1.807) is 0 Å². The lowest BCUT2D eigenvalue weighted by molar-refractivity contribution is 0.270. The second-order valence-electron chi connectivity index (χ2n) is 5.49. The van der Waals surface area contributed by atoms with Crippen LogP contribution in [0.1, 0.15) is 37.2 Å². The number of fused-ring (bicyclic) bond motifs is 1. The summed E-state index contributed by atoms with van der Waals surface area (Å²) in [6, 6.07) is 8.58. The first kappa shape index (κ1) is 11.1. The van der Waals surface area contributed by atoms with Crippen molar-refractivity contribution in [2.45, 2.75) is 31.6 Å². The number of aliphatic hydroxyl groups is 1. The number of hydrogen-bond acceptors (Lipinski definition) is 2. The summed E-state index contributed by atoms with van der Waals surface area (Å²) in [7, 11) is 0. The topological polar surface area (TPSA) is 23.5 Å². The Morgan fingerprint density at radius 2 is 1.94 bits per heavy atom. The molecule has 1 aliphatic carbocycles. The molecule has 1 heterocycles. The molecule has 0 amide bonds. The normalized spacial score (nSPS) is 24.3. The number of benzene rings is 1. The van der Waals surface area contributed by atoms with Gasteiger partial charge in [0.25, 0.3) is 0 Å². The predicted octanol–water partition coefficient (Wildman–Crippen LogP) is 2.77. The molecule has 1 aromatic rings. The minimum absolute atomic E-state index is 0.276. The summed E-state index contributed by atoms with van der Waals surface area (Å²) in [5.74, 6) is 1.20. The first-order chi connectivity index (χ1) is 8.38. The van der Waals surface area contributed by atoms with Crippen molar-refractivity contribution < 1.29 is 5.11 Å². The Labute approximate surface area is 103 Å². The van der Waals surface area contributed by atoms with Crippen LogP contribution in [0.4, 0.5) is 5.69 Å². The van der Waals surface area contributed by atoms with Gasteiger partial charge in [-0.15, -0.1) is 0 Å². The maximum atomic E-state index is 9.46. The van der Waals surface area contributed by atoms with Crippen LogP contribution < -0.4 is 4.90 Å². The summed E-state index contributed by atoms with van der Waals surface area (Å²) in [6.45, 7) is 2.47. The fourth-order valence-electron chi connectivity index (χ4n) is 3.42. The van der Waals surface area contributed by atoms with E-state index in [1.807, 2.05) is 0 Å². The van der Waals surface area contributed by atoms with E-state index in [-0.39, 0.29) is 6.61 Å². The summed E-state index contributed by atoms with van der Waals surface area (Å²) in [5, 5.41) is 9.46. The van der Waals surface area contributed by atoms with Crippen LogP contribution in [-0.4, -0.2) is 24.8 Å². The van der Waals surface area contributed by atoms with Gasteiger partial charge in [-0.25, -0.2) is 0 Å². The molecule has 1 aliphatic heterocycles. The van der Waals surface area contributed by atoms with Crippen LogP contribution in [0.15, 0.2) is 24.3 Å². The fourth-order valence-corrected chi connectivity index (χ4v) is 3.42. The largest absolute Gasteiger partial charge is 0.396 e. The lowest BCUT2D eigenvalue weighted by Gasteiger charge is -2.23. The molecular formula is C15H21NO. The zero-order chi connectivity index (χ0) is 11.7. The molecule has 1 N–H and O–H groups in total. The Bertz CT molecular complexity index is 384. The molecule has 1 saturated carbocycles. The van der Waals surface area contributed by atoms with Crippen LogP contribution in [0.5, 0.6) is 0 Å². The minimum Gasteiger partial charge on any atom is -0.396 e. The second kappa shape index (κ2) is 4.69. The molecule has 1 unspecified atom stereocenters. The van der Waals surface area contributed by atoms with Crippen molar-refractivity contribution in [1.29, 1.82) is 0 Å². The van der Waals surface area contributed by atoms with E-state index in [0.29, 0.717) is 5.92 Å². The smallest absolute Gasteiger partial charge is 0.0517 e. The van der Waals surface area contributed by atoms with Gasteiger partial charge in [-0.3, -0.25) is 0 Å². The van der Waals surface area contributed by atoms with Gasteiger partial charge in [0.15, 0.2) is 0 Å². The molecule has 0 spiro atoms. The molecule has 2 nitrogen and oxygen atoms in total. The third-order valence-corrected chi connectivity index (χ3v) is 4.33. The van der Waals surface area contributed by atoms with Gasteiger partial charge in [-0.05, 0) is 30.4 Å². The van der Waals surface area contributed by atoms with Crippen LogP contribution in [0.25, 0.3) is 0 Å². The van der Waals surface area contributed by atoms with E-state index in [1.165, 1.54) is 43.5 Å². The molecule has 3 rings (SSSR count). The summed E-state index contributed by atoms with van der Waals surface area (Å²) < 4.78 is 0. The first-order valence-electron chi connectivity index (χ1n) is 6.83. The average molecular weight is 231 g/mol. The van der Waals surface area contributed by atoms with Gasteiger partial charge in [0.2, 0.25) is 0 Å². The van der Waals surface area contributed by atoms with E-state index in [0.717, 1.165) is 12.5 Å². The van der Waals surface area contributed by atoms with E-state index >= 15 is 0 Å². The lowest BCUT2D eigenvalue weighted by atomic mass is 10.0. The van der Waals surface area contributed by atoms with Gasteiger partial charge in [0.1, 0.15) is 0 Å². The van der Waals surface area contributed by atoms with E-state index in [4.69, 9.17) is 0 Å². The molecule has 2 aliphatic rings. The standard InChI is InChI=1S/C15H21NO/c17-11-13-10-16(9-12-5-1-2-6-12)15-8-4-3-7-14(13)15/h3-4,7-8,12-13,17H,1-2,5-6,9-11H2. The molecule has 0 radical (unpaired) electrons. The summed E-state index contributed by atoms with van der Waals surface area (Å²) in [5.41, 5.74) is 2.70. The van der Waals surface area contributed by atoms with E-state index in [9.17, 15) is 5.11 Å². The van der Waals surface area contributed by atoms with Crippen LogP contribution in [0.3, 0.4) is 0 Å². The van der Waals surface area contributed by atoms with Gasteiger partial charge in [-0.1, -0.05) is 31.0 Å². The Hall–Kier alpha value is -1.02. The van der Waals surface area contributed by atoms with Crippen molar-refractivity contribution in [2.75, 3.05) is 24.6 Å². The number of hydrogen-bond donors (Lipinski definition) is 1. The van der Waals surface area contributed by atoms with Crippen molar-refractivity contribution >= 4 is 5.69 Å². The highest BCUT2D eigenvalue weighted by Gasteiger charge is 2.29. The number of rotatable bonds is 3. The molecule has 0 saturated heterocycles. The highest BCUT2D eigenvalue weighted by Crippen LogP contribution is 2.37. The molecule has 1 atom stereocenters. The predicted molar refractivity (Wildman–Crippen MR) is 70.4 cm³/mol. The first-order valence-corrected chi connectivity index (χ1v) is 6.83. The van der Waals surface area contributed by atoms with Gasteiger partial charge in [0.05, 0.1) is 6.61 Å². The molecule has 0 aromatic heterocycles. The third kappa shape index (κ3) is 2.06. The second-order valence-corrected chi connectivity index (χ2v) is 5.49. The Morgan fingerprint density at radius 3 is 2.71 bits per heavy atom. The lowest BCUT2D eigenvalue weighted by Crippen LogP contribution is -2.28. The van der Waals surface area contributed by atoms with Crippen molar-refractivity contribution in [3.05, 3.63) is 29.8 Å². The van der Waals surface area contributed by atoms with Gasteiger partial charge >= 0.3 is 0 Å². The maximum absolute atomic E-state index is 9.46. The summed E-state index contributed by atoms with van der Waals surface area (Å²) >= 11 is 0. The molecule has 17 heavy (non-hydrogen) atoms. The molecule has 0 bridgehead atoms. The van der Waals surface area contributed by atoms with E-state index < -0.39 is 0 Å². The van der Waals surface area contributed by atoms with Crippen LogP contribution >= 0.6 is 0 Å². The van der Waals surface area contributed by atoms with Gasteiger partial charge in [-0.2, -0.15) is 0 Å². The number of aliphatic hydroxyl groups excluding tert-OH is 1. The highest BCUT2D eigenvalue weighted by molar-refractivity contribution is 5.60. The molecule has 2 heteroatoms. The van der Waals surface area contributed by atoms with Crippen LogP contribution in [0, 0.1) is 5.92 Å². The zero-order valence-corrected chi connectivity index (χ0v) is 10.3. The molecule has 1 fully saturated rings. The Kier molecular flexibility index (Phi) is 3.06. The zero-order valence-electron chi connectivity index (χ0n) is 10.3. The van der Waals surface area contributed by atoms with Crippen molar-refractivity contribution in [3.8, 4) is 0 Å². The quantitative estimate of drug-likeness (QED) is 0.864. The molecule has 1 aromatic carbocycles. The summed E-state index contributed by atoms with van der Waals surface area (Å²) in [4.78, 5) is 2.49. The van der Waals surface area contributed by atoms with Gasteiger partial charge < -0.3 is 10.0 Å². The fraction of sp³-hybridized carbons (Fsp3) is 0.600.